The number of carbonyl (C=O) groups is 2. The van der Waals surface area contributed by atoms with Crippen LogP contribution in [0.25, 0.3) is 0 Å². The fraction of sp³-hybridized carbons (Fsp3) is 0.323. The second-order valence-electron chi connectivity index (χ2n) is 10.3. The van der Waals surface area contributed by atoms with Crippen LogP contribution in [0.1, 0.15) is 48.2 Å². The summed E-state index contributed by atoms with van der Waals surface area (Å²) < 4.78 is 11.7. The molecule has 1 saturated heterocycles. The molecule has 0 aliphatic carbocycles. The number of amidine groups is 1. The van der Waals surface area contributed by atoms with Crippen LogP contribution in [-0.2, 0) is 4.79 Å². The Labute approximate surface area is 239 Å². The maximum Gasteiger partial charge on any atom is 0.326 e. The van der Waals surface area contributed by atoms with E-state index in [1.807, 2.05) is 87.5 Å². The molecule has 0 unspecified atom stereocenters. The SMILES string of the molecule is COc1ccc(C2=N[C@@H](c3ccc(C)cc3)[C@@H](c3ccc(Cl)cc3)N2C(=O)N2CCNC(=O)C2)c(OC(C)C)c1. The molecular formula is C31H33ClN4O4. The molecule has 9 heteroatoms. The van der Waals surface area contributed by atoms with E-state index in [2.05, 4.69) is 5.32 Å². The lowest BCUT2D eigenvalue weighted by molar-refractivity contribution is -0.123. The smallest absolute Gasteiger partial charge is 0.326 e. The standard InChI is InChI=1S/C31H33ClN4O4/c1-19(2)40-26-17-24(39-4)13-14-25(26)30-34-28(21-7-5-20(3)6-8-21)29(22-9-11-23(32)12-10-22)36(30)31(38)35-16-15-33-27(37)18-35/h5-14,17,19,28-29H,15-16,18H2,1-4H3,(H,33,37)/t28-,29+/m0/s1. The lowest BCUT2D eigenvalue weighted by atomic mass is 9.93. The number of aryl methyl sites for hydroxylation is 1. The van der Waals surface area contributed by atoms with E-state index in [0.717, 1.165) is 16.7 Å². The van der Waals surface area contributed by atoms with Crippen LogP contribution in [0.3, 0.4) is 0 Å². The number of rotatable bonds is 6. The molecule has 0 saturated carbocycles. The summed E-state index contributed by atoms with van der Waals surface area (Å²) in [5.41, 5.74) is 3.64. The average Bonchev–Trinajstić information content (AvgIpc) is 3.33. The molecule has 2 aliphatic rings. The van der Waals surface area contributed by atoms with Gasteiger partial charge >= 0.3 is 6.03 Å². The van der Waals surface area contributed by atoms with E-state index < -0.39 is 12.1 Å². The zero-order chi connectivity index (χ0) is 28.4. The maximum atomic E-state index is 14.4. The van der Waals surface area contributed by atoms with E-state index in [1.54, 1.807) is 16.9 Å². The molecular weight excluding hydrogens is 528 g/mol. The lowest BCUT2D eigenvalue weighted by Crippen LogP contribution is -2.55. The first-order valence-corrected chi connectivity index (χ1v) is 13.7. The number of carbonyl (C=O) groups excluding carboxylic acids is 2. The highest BCUT2D eigenvalue weighted by atomic mass is 35.5. The molecule has 1 fully saturated rings. The third-order valence-corrected chi connectivity index (χ3v) is 7.26. The van der Waals surface area contributed by atoms with Gasteiger partial charge in [0.15, 0.2) is 0 Å². The van der Waals surface area contributed by atoms with Gasteiger partial charge in [-0.15, -0.1) is 0 Å². The van der Waals surface area contributed by atoms with Crippen molar-refractivity contribution in [1.82, 2.24) is 15.1 Å². The highest BCUT2D eigenvalue weighted by Crippen LogP contribution is 2.45. The van der Waals surface area contributed by atoms with Gasteiger partial charge in [0.05, 0.1) is 24.8 Å². The van der Waals surface area contributed by atoms with Crippen molar-refractivity contribution in [2.75, 3.05) is 26.7 Å². The highest BCUT2D eigenvalue weighted by molar-refractivity contribution is 6.30. The van der Waals surface area contributed by atoms with Gasteiger partial charge in [-0.25, -0.2) is 4.79 Å². The Bertz CT molecular complexity index is 1420. The minimum atomic E-state index is -0.485. The normalized spacial score (nSPS) is 18.9. The van der Waals surface area contributed by atoms with Gasteiger partial charge < -0.3 is 19.7 Å². The summed E-state index contributed by atoms with van der Waals surface area (Å²) in [7, 11) is 1.60. The highest BCUT2D eigenvalue weighted by Gasteiger charge is 2.45. The number of hydrogen-bond acceptors (Lipinski definition) is 5. The predicted octanol–water partition coefficient (Wildman–Crippen LogP) is 5.54. The van der Waals surface area contributed by atoms with Crippen molar-refractivity contribution in [2.24, 2.45) is 4.99 Å². The van der Waals surface area contributed by atoms with Crippen molar-refractivity contribution in [3.05, 3.63) is 94.0 Å². The first kappa shape index (κ1) is 27.5. The molecule has 1 N–H and O–H groups in total. The number of nitrogens with zero attached hydrogens (tertiary/aromatic N) is 3. The number of amides is 3. The number of urea groups is 1. The molecule has 2 heterocycles. The van der Waals surface area contributed by atoms with Crippen LogP contribution >= 0.6 is 11.6 Å². The van der Waals surface area contributed by atoms with Gasteiger partial charge in [-0.3, -0.25) is 14.7 Å². The number of ether oxygens (including phenoxy) is 2. The molecule has 0 bridgehead atoms. The summed E-state index contributed by atoms with van der Waals surface area (Å²) in [5.74, 6) is 1.47. The van der Waals surface area contributed by atoms with E-state index in [1.165, 1.54) is 0 Å². The molecule has 2 atom stereocenters. The van der Waals surface area contributed by atoms with Gasteiger partial charge in [-0.05, 0) is 56.2 Å². The zero-order valence-corrected chi connectivity index (χ0v) is 23.8. The molecule has 0 spiro atoms. The first-order valence-electron chi connectivity index (χ1n) is 13.3. The van der Waals surface area contributed by atoms with Crippen LogP contribution in [-0.4, -0.2) is 60.4 Å². The summed E-state index contributed by atoms with van der Waals surface area (Å²) in [6.07, 6.45) is -0.122. The van der Waals surface area contributed by atoms with E-state index in [-0.39, 0.29) is 24.6 Å². The van der Waals surface area contributed by atoms with E-state index in [0.29, 0.717) is 41.0 Å². The quantitative estimate of drug-likeness (QED) is 0.429. The molecule has 5 rings (SSSR count). The van der Waals surface area contributed by atoms with Crippen molar-refractivity contribution in [2.45, 2.75) is 39.0 Å². The Hall–Kier alpha value is -4.04. The summed E-state index contributed by atoms with van der Waals surface area (Å²) in [4.78, 5) is 35.2. The lowest BCUT2D eigenvalue weighted by Gasteiger charge is -2.36. The van der Waals surface area contributed by atoms with E-state index in [4.69, 9.17) is 26.1 Å². The van der Waals surface area contributed by atoms with Crippen molar-refractivity contribution in [1.29, 1.82) is 0 Å². The number of halogens is 1. The van der Waals surface area contributed by atoms with Gasteiger partial charge in [0.1, 0.15) is 29.9 Å². The third-order valence-electron chi connectivity index (χ3n) is 7.00. The van der Waals surface area contributed by atoms with Crippen molar-refractivity contribution in [3.63, 3.8) is 0 Å². The molecule has 0 radical (unpaired) electrons. The van der Waals surface area contributed by atoms with Crippen molar-refractivity contribution < 1.29 is 19.1 Å². The molecule has 3 aromatic carbocycles. The van der Waals surface area contributed by atoms with Crippen LogP contribution < -0.4 is 14.8 Å². The molecule has 208 valence electrons. The summed E-state index contributed by atoms with van der Waals surface area (Å²) >= 11 is 6.26. The minimum absolute atomic E-state index is 0.0247. The largest absolute Gasteiger partial charge is 0.497 e. The molecule has 3 amide bonds. The van der Waals surface area contributed by atoms with Crippen LogP contribution in [0.2, 0.25) is 5.02 Å². The number of nitrogens with one attached hydrogen (secondary N) is 1. The fourth-order valence-corrected chi connectivity index (χ4v) is 5.20. The van der Waals surface area contributed by atoms with Crippen LogP contribution in [0, 0.1) is 6.92 Å². The fourth-order valence-electron chi connectivity index (χ4n) is 5.08. The van der Waals surface area contributed by atoms with Gasteiger partial charge in [-0.2, -0.15) is 0 Å². The summed E-state index contributed by atoms with van der Waals surface area (Å²) in [6, 6.07) is 20.0. The van der Waals surface area contributed by atoms with Crippen molar-refractivity contribution in [3.8, 4) is 11.5 Å². The van der Waals surface area contributed by atoms with Gasteiger partial charge in [-0.1, -0.05) is 53.6 Å². The first-order chi connectivity index (χ1) is 19.2. The Balaban J connectivity index is 1.71. The molecule has 3 aromatic rings. The topological polar surface area (TPSA) is 83.5 Å². The molecule has 2 aliphatic heterocycles. The molecule has 0 aromatic heterocycles. The van der Waals surface area contributed by atoms with Crippen LogP contribution in [0.4, 0.5) is 4.79 Å². The number of hydrogen-bond donors (Lipinski definition) is 1. The van der Waals surface area contributed by atoms with Crippen LogP contribution in [0.15, 0.2) is 71.7 Å². The number of piperazine rings is 1. The summed E-state index contributed by atoms with van der Waals surface area (Å²) in [6.45, 7) is 6.69. The molecule has 40 heavy (non-hydrogen) atoms. The zero-order valence-electron chi connectivity index (χ0n) is 23.1. The monoisotopic (exact) mass is 560 g/mol. The van der Waals surface area contributed by atoms with Gasteiger partial charge in [0.2, 0.25) is 5.91 Å². The second kappa shape index (κ2) is 11.6. The van der Waals surface area contributed by atoms with Gasteiger partial charge in [0.25, 0.3) is 0 Å². The van der Waals surface area contributed by atoms with Gasteiger partial charge in [0, 0.05) is 24.2 Å². The Morgan fingerprint density at radius 3 is 2.40 bits per heavy atom. The molecule has 8 nitrogen and oxygen atoms in total. The maximum absolute atomic E-state index is 14.4. The van der Waals surface area contributed by atoms with E-state index in [9.17, 15) is 9.59 Å². The predicted molar refractivity (Wildman–Crippen MR) is 155 cm³/mol. The number of methoxy groups -OCH3 is 1. The number of aliphatic imine (C=N–C) groups is 1. The Morgan fingerprint density at radius 1 is 1.05 bits per heavy atom. The third kappa shape index (κ3) is 5.63. The van der Waals surface area contributed by atoms with Crippen molar-refractivity contribution >= 4 is 29.4 Å². The Kier molecular flexibility index (Phi) is 7.98. The average molecular weight is 561 g/mol. The van der Waals surface area contributed by atoms with Crippen LogP contribution in [0.5, 0.6) is 11.5 Å². The Morgan fingerprint density at radius 2 is 1.75 bits per heavy atom. The number of benzene rings is 3. The minimum Gasteiger partial charge on any atom is -0.497 e. The second-order valence-corrected chi connectivity index (χ2v) is 10.7. The van der Waals surface area contributed by atoms with E-state index >= 15 is 0 Å². The summed E-state index contributed by atoms with van der Waals surface area (Å²) in [5, 5.41) is 3.40.